The van der Waals surface area contributed by atoms with Crippen LogP contribution in [0.2, 0.25) is 0 Å². The average molecular weight is 661 g/mol. The van der Waals surface area contributed by atoms with E-state index in [9.17, 15) is 4.79 Å². The first kappa shape index (κ1) is 48.0. The molecule has 1 amide bonds. The zero-order valence-electron chi connectivity index (χ0n) is 32.5. The van der Waals surface area contributed by atoms with E-state index in [0.717, 1.165) is 19.4 Å². The summed E-state index contributed by atoms with van der Waals surface area (Å²) in [6, 6.07) is 0. The Kier molecular flexibility index (Phi) is 48.1. The van der Waals surface area contributed by atoms with Gasteiger partial charge in [0.1, 0.15) is 0 Å². The van der Waals surface area contributed by atoms with Gasteiger partial charge in [0.25, 0.3) is 0 Å². The first-order valence-electron chi connectivity index (χ1n) is 21.5. The van der Waals surface area contributed by atoms with E-state index in [4.69, 9.17) is 11.5 Å². The Bertz CT molecular complexity index is 614. The Morgan fingerprint density at radius 2 is 0.596 bits per heavy atom. The Hall–Kier alpha value is -1.09. The predicted octanol–water partition coefficient (Wildman–Crippen LogP) is 14.6. The van der Waals surface area contributed by atoms with Crippen LogP contribution in [0.25, 0.3) is 0 Å². The monoisotopic (exact) mass is 661 g/mol. The first-order chi connectivity index (χ1) is 23.2. The lowest BCUT2D eigenvalue weighted by Crippen LogP contribution is -2.09. The van der Waals surface area contributed by atoms with Crippen LogP contribution in [0.1, 0.15) is 245 Å². The van der Waals surface area contributed by atoms with E-state index in [-0.39, 0.29) is 5.91 Å². The van der Waals surface area contributed by atoms with Crippen LogP contribution in [0.15, 0.2) is 24.3 Å². The van der Waals surface area contributed by atoms with Gasteiger partial charge in [0.2, 0.25) is 5.91 Å². The van der Waals surface area contributed by atoms with Crippen molar-refractivity contribution in [2.24, 2.45) is 11.5 Å². The molecule has 0 fully saturated rings. The molecule has 0 spiro atoms. The Morgan fingerprint density at radius 3 is 0.851 bits per heavy atom. The molecular formula is C44H88N2O. The van der Waals surface area contributed by atoms with Gasteiger partial charge in [-0.1, -0.05) is 199 Å². The van der Waals surface area contributed by atoms with Gasteiger partial charge in [0.05, 0.1) is 0 Å². The van der Waals surface area contributed by atoms with Crippen LogP contribution >= 0.6 is 0 Å². The smallest absolute Gasteiger partial charge is 0.217 e. The fourth-order valence-corrected chi connectivity index (χ4v) is 6.18. The molecule has 0 aromatic rings. The number of primary amides is 1. The average Bonchev–Trinajstić information content (AvgIpc) is 3.07. The van der Waals surface area contributed by atoms with E-state index in [1.54, 1.807) is 0 Å². The van der Waals surface area contributed by atoms with Gasteiger partial charge >= 0.3 is 0 Å². The van der Waals surface area contributed by atoms with Crippen LogP contribution < -0.4 is 11.5 Å². The molecule has 0 saturated carbocycles. The zero-order valence-corrected chi connectivity index (χ0v) is 32.5. The van der Waals surface area contributed by atoms with Crippen LogP contribution in [0.3, 0.4) is 0 Å². The van der Waals surface area contributed by atoms with E-state index in [1.807, 2.05) is 0 Å². The number of nitrogens with two attached hydrogens (primary N) is 2. The quantitative estimate of drug-likeness (QED) is 0.0511. The van der Waals surface area contributed by atoms with Gasteiger partial charge in [-0.15, -0.1) is 0 Å². The predicted molar refractivity (Wildman–Crippen MR) is 214 cm³/mol. The summed E-state index contributed by atoms with van der Waals surface area (Å²) in [5.74, 6) is -0.156. The Labute approximate surface area is 297 Å². The van der Waals surface area contributed by atoms with Gasteiger partial charge in [-0.05, 0) is 70.8 Å². The maximum Gasteiger partial charge on any atom is 0.217 e. The van der Waals surface area contributed by atoms with Gasteiger partial charge in [0.15, 0.2) is 0 Å². The lowest BCUT2D eigenvalue weighted by molar-refractivity contribution is -0.118. The summed E-state index contributed by atoms with van der Waals surface area (Å²) in [4.78, 5) is 10.6. The minimum atomic E-state index is -0.156. The van der Waals surface area contributed by atoms with E-state index in [1.165, 1.54) is 212 Å². The SMILES string of the molecule is CCCCCCCC/C=C\CCCCCCCCCCCC(N)=O.CCCCCCCC/C=C\CCCCCCCCCCCCN. The number of carbonyl (C=O) groups excluding carboxylic acids is 1. The van der Waals surface area contributed by atoms with E-state index >= 15 is 0 Å². The molecule has 0 rings (SSSR count). The molecule has 3 heteroatoms. The van der Waals surface area contributed by atoms with Crippen molar-refractivity contribution in [2.45, 2.75) is 245 Å². The fraction of sp³-hybridized carbons (Fsp3) is 0.886. The minimum Gasteiger partial charge on any atom is -0.370 e. The third kappa shape index (κ3) is 51.9. The van der Waals surface area contributed by atoms with Gasteiger partial charge < -0.3 is 11.5 Å². The number of allylic oxidation sites excluding steroid dienone is 4. The fourth-order valence-electron chi connectivity index (χ4n) is 6.18. The highest BCUT2D eigenvalue weighted by Gasteiger charge is 1.96. The van der Waals surface area contributed by atoms with Gasteiger partial charge in [0, 0.05) is 6.42 Å². The largest absolute Gasteiger partial charge is 0.370 e. The van der Waals surface area contributed by atoms with Gasteiger partial charge in [-0.2, -0.15) is 0 Å². The van der Waals surface area contributed by atoms with Crippen LogP contribution in [0.4, 0.5) is 0 Å². The molecular weight excluding hydrogens is 572 g/mol. The molecule has 0 aromatic carbocycles. The van der Waals surface area contributed by atoms with Crippen LogP contribution in [-0.2, 0) is 4.79 Å². The molecule has 0 aromatic heterocycles. The Morgan fingerprint density at radius 1 is 0.362 bits per heavy atom. The molecule has 0 aliphatic heterocycles. The van der Waals surface area contributed by atoms with Gasteiger partial charge in [-0.3, -0.25) is 4.79 Å². The van der Waals surface area contributed by atoms with Crippen molar-refractivity contribution in [1.29, 1.82) is 0 Å². The number of hydrogen-bond donors (Lipinski definition) is 2. The lowest BCUT2D eigenvalue weighted by atomic mass is 10.1. The molecule has 280 valence electrons. The summed E-state index contributed by atoms with van der Waals surface area (Å²) in [6.07, 6.45) is 57.7. The topological polar surface area (TPSA) is 69.1 Å². The standard InChI is InChI=1S/C22H43NO.C22H45N/c1-2-3-4-5-6-7-8-9-10-11-12-13-14-15-16-17-18-19-20-21-22(23)24;1-2-3-4-5-6-7-8-9-10-11-12-13-14-15-16-17-18-19-20-21-22-23/h9-10H,2-8,11-21H2,1H3,(H2,23,24);9-10H,2-8,11-23H2,1H3/b2*10-9-. The molecule has 0 radical (unpaired) electrons. The summed E-state index contributed by atoms with van der Waals surface area (Å²) in [5.41, 5.74) is 10.6. The molecule has 3 nitrogen and oxygen atoms in total. The summed E-state index contributed by atoms with van der Waals surface area (Å²) >= 11 is 0. The van der Waals surface area contributed by atoms with Crippen molar-refractivity contribution < 1.29 is 4.79 Å². The minimum absolute atomic E-state index is 0.156. The molecule has 0 aliphatic carbocycles. The number of unbranched alkanes of at least 4 members (excludes halogenated alkanes) is 31. The molecule has 0 aliphatic rings. The summed E-state index contributed by atoms with van der Waals surface area (Å²) in [5, 5.41) is 0. The summed E-state index contributed by atoms with van der Waals surface area (Å²) < 4.78 is 0. The van der Waals surface area contributed by atoms with E-state index in [2.05, 4.69) is 38.2 Å². The zero-order chi connectivity index (χ0) is 34.6. The second kappa shape index (κ2) is 47.0. The normalized spacial score (nSPS) is 11.5. The number of carbonyl (C=O) groups is 1. The highest BCUT2D eigenvalue weighted by molar-refractivity contribution is 5.73. The third-order valence-electron chi connectivity index (χ3n) is 9.40. The van der Waals surface area contributed by atoms with Crippen molar-refractivity contribution >= 4 is 5.91 Å². The summed E-state index contributed by atoms with van der Waals surface area (Å²) in [6.45, 7) is 5.43. The molecule has 4 N–H and O–H groups in total. The van der Waals surface area contributed by atoms with Crippen molar-refractivity contribution in [3.05, 3.63) is 24.3 Å². The lowest BCUT2D eigenvalue weighted by Gasteiger charge is -2.01. The van der Waals surface area contributed by atoms with E-state index in [0.29, 0.717) is 6.42 Å². The second-order valence-corrected chi connectivity index (χ2v) is 14.4. The Balaban J connectivity index is 0. The highest BCUT2D eigenvalue weighted by atomic mass is 16.1. The molecule has 0 unspecified atom stereocenters. The van der Waals surface area contributed by atoms with Crippen LogP contribution in [-0.4, -0.2) is 12.5 Å². The number of amides is 1. The second-order valence-electron chi connectivity index (χ2n) is 14.4. The van der Waals surface area contributed by atoms with E-state index < -0.39 is 0 Å². The molecule has 0 atom stereocenters. The first-order valence-corrected chi connectivity index (χ1v) is 21.5. The van der Waals surface area contributed by atoms with Gasteiger partial charge in [-0.25, -0.2) is 0 Å². The molecule has 0 bridgehead atoms. The maximum absolute atomic E-state index is 10.6. The molecule has 0 heterocycles. The van der Waals surface area contributed by atoms with Crippen molar-refractivity contribution in [3.63, 3.8) is 0 Å². The number of rotatable bonds is 38. The highest BCUT2D eigenvalue weighted by Crippen LogP contribution is 2.14. The van der Waals surface area contributed by atoms with Crippen LogP contribution in [0.5, 0.6) is 0 Å². The summed E-state index contributed by atoms with van der Waals surface area (Å²) in [7, 11) is 0. The molecule has 47 heavy (non-hydrogen) atoms. The number of hydrogen-bond acceptors (Lipinski definition) is 2. The molecule has 0 saturated heterocycles. The van der Waals surface area contributed by atoms with Crippen LogP contribution in [0, 0.1) is 0 Å². The maximum atomic E-state index is 10.6. The van der Waals surface area contributed by atoms with Crippen molar-refractivity contribution in [3.8, 4) is 0 Å². The van der Waals surface area contributed by atoms with Crippen molar-refractivity contribution in [1.82, 2.24) is 0 Å². The third-order valence-corrected chi connectivity index (χ3v) is 9.40. The van der Waals surface area contributed by atoms with Crippen molar-refractivity contribution in [2.75, 3.05) is 6.54 Å².